The van der Waals surface area contributed by atoms with Gasteiger partial charge >= 0.3 is 6.03 Å². The van der Waals surface area contributed by atoms with E-state index in [1.807, 2.05) is 24.3 Å². The minimum absolute atomic E-state index is 0.0587. The number of nitrogens with zero attached hydrogens (tertiary/aromatic N) is 1. The second-order valence-electron chi connectivity index (χ2n) is 8.66. The van der Waals surface area contributed by atoms with Crippen molar-refractivity contribution in [3.05, 3.63) is 99.1 Å². The fourth-order valence-corrected chi connectivity index (χ4v) is 4.99. The number of rotatable bonds is 5. The highest BCUT2D eigenvalue weighted by Crippen LogP contribution is 2.36. The van der Waals surface area contributed by atoms with Crippen molar-refractivity contribution in [3.8, 4) is 17.2 Å². The molecule has 2 heterocycles. The van der Waals surface area contributed by atoms with Gasteiger partial charge in [0.1, 0.15) is 17.9 Å². The van der Waals surface area contributed by atoms with Gasteiger partial charge in [-0.15, -0.1) is 0 Å². The molecule has 1 saturated heterocycles. The Bertz CT molecular complexity index is 1660. The summed E-state index contributed by atoms with van der Waals surface area (Å²) >= 11 is 2.15. The minimum Gasteiger partial charge on any atom is -0.488 e. The summed E-state index contributed by atoms with van der Waals surface area (Å²) in [4.78, 5) is 39.2. The zero-order valence-electron chi connectivity index (χ0n) is 19.8. The first-order valence-electron chi connectivity index (χ1n) is 11.7. The highest BCUT2D eigenvalue weighted by atomic mass is 127. The second kappa shape index (κ2) is 9.82. The molecule has 6 rings (SSSR count). The van der Waals surface area contributed by atoms with Gasteiger partial charge in [0.25, 0.3) is 11.8 Å². The Kier molecular flexibility index (Phi) is 6.20. The fraction of sp³-hybridized carbons (Fsp3) is 0.0690. The molecule has 0 spiro atoms. The van der Waals surface area contributed by atoms with E-state index in [0.29, 0.717) is 29.4 Å². The highest BCUT2D eigenvalue weighted by molar-refractivity contribution is 14.1. The number of carbonyl (C=O) groups excluding carboxylic acids is 3. The van der Waals surface area contributed by atoms with Gasteiger partial charge in [-0.1, -0.05) is 42.5 Å². The summed E-state index contributed by atoms with van der Waals surface area (Å²) < 4.78 is 17.5. The molecule has 4 amide bonds. The van der Waals surface area contributed by atoms with Crippen LogP contribution in [-0.4, -0.2) is 24.6 Å². The number of urea groups is 1. The predicted octanol–water partition coefficient (Wildman–Crippen LogP) is 5.42. The van der Waals surface area contributed by atoms with Crippen LogP contribution in [0.1, 0.15) is 11.1 Å². The first-order chi connectivity index (χ1) is 18.5. The van der Waals surface area contributed by atoms with Gasteiger partial charge in [0.05, 0.1) is 9.26 Å². The van der Waals surface area contributed by atoms with Gasteiger partial charge in [-0.25, -0.2) is 9.69 Å². The van der Waals surface area contributed by atoms with Crippen LogP contribution < -0.4 is 24.4 Å². The van der Waals surface area contributed by atoms with E-state index in [-0.39, 0.29) is 18.1 Å². The molecule has 1 fully saturated rings. The van der Waals surface area contributed by atoms with Crippen molar-refractivity contribution in [1.82, 2.24) is 5.32 Å². The van der Waals surface area contributed by atoms with E-state index >= 15 is 0 Å². The van der Waals surface area contributed by atoms with E-state index in [9.17, 15) is 14.4 Å². The third kappa shape index (κ3) is 4.56. The van der Waals surface area contributed by atoms with Crippen molar-refractivity contribution < 1.29 is 28.6 Å². The lowest BCUT2D eigenvalue weighted by atomic mass is 10.1. The number of anilines is 1. The number of hydrogen-bond donors (Lipinski definition) is 1. The van der Waals surface area contributed by atoms with Crippen LogP contribution in [0.3, 0.4) is 0 Å². The van der Waals surface area contributed by atoms with E-state index in [1.54, 1.807) is 24.3 Å². The van der Waals surface area contributed by atoms with Crippen LogP contribution in [0, 0.1) is 3.57 Å². The standard InChI is InChI=1S/C29H19IN2O6/c30-23-13-17(6-9-24(23)36-15-18-5-7-19-3-1-2-4-20(19)11-18)12-22-27(33)31-29(35)32(28(22)34)21-8-10-25-26(14-21)38-16-37-25/h1-14H,15-16H2,(H,31,33,35)/b22-12+. The Balaban J connectivity index is 1.21. The monoisotopic (exact) mass is 618 g/mol. The largest absolute Gasteiger partial charge is 0.488 e. The minimum atomic E-state index is -0.831. The maximum absolute atomic E-state index is 13.2. The lowest BCUT2D eigenvalue weighted by Crippen LogP contribution is -2.54. The van der Waals surface area contributed by atoms with Crippen molar-refractivity contribution >= 4 is 63.0 Å². The second-order valence-corrected chi connectivity index (χ2v) is 9.82. The molecule has 2 aliphatic heterocycles. The lowest BCUT2D eigenvalue weighted by Gasteiger charge is -2.26. The quantitative estimate of drug-likeness (QED) is 0.183. The lowest BCUT2D eigenvalue weighted by molar-refractivity contribution is -0.122. The summed E-state index contributed by atoms with van der Waals surface area (Å²) in [7, 11) is 0. The number of benzene rings is 4. The van der Waals surface area contributed by atoms with Gasteiger partial charge in [0.2, 0.25) is 6.79 Å². The van der Waals surface area contributed by atoms with Gasteiger partial charge in [0.15, 0.2) is 11.5 Å². The summed E-state index contributed by atoms with van der Waals surface area (Å²) in [6, 6.07) is 23.6. The van der Waals surface area contributed by atoms with E-state index in [4.69, 9.17) is 14.2 Å². The van der Waals surface area contributed by atoms with Crippen LogP contribution in [0.2, 0.25) is 0 Å². The summed E-state index contributed by atoms with van der Waals surface area (Å²) in [5.41, 5.74) is 1.76. The molecule has 0 aliphatic carbocycles. The highest BCUT2D eigenvalue weighted by Gasteiger charge is 2.37. The predicted molar refractivity (Wildman–Crippen MR) is 149 cm³/mol. The average molecular weight is 618 g/mol. The fourth-order valence-electron chi connectivity index (χ4n) is 4.30. The molecule has 0 aromatic heterocycles. The number of halogens is 1. The van der Waals surface area contributed by atoms with E-state index in [2.05, 4.69) is 52.2 Å². The van der Waals surface area contributed by atoms with Crippen molar-refractivity contribution in [3.63, 3.8) is 0 Å². The summed E-state index contributed by atoms with van der Waals surface area (Å²) in [5, 5.41) is 4.55. The molecule has 9 heteroatoms. The Morgan fingerprint density at radius 3 is 2.55 bits per heavy atom. The SMILES string of the molecule is O=C1NC(=O)N(c2ccc3c(c2)OCO3)C(=O)/C1=C/c1ccc(OCc2ccc3ccccc3c2)c(I)c1. The molecular weight excluding hydrogens is 599 g/mol. The van der Waals surface area contributed by atoms with Crippen LogP contribution >= 0.6 is 22.6 Å². The molecule has 1 N–H and O–H groups in total. The van der Waals surface area contributed by atoms with Crippen LogP contribution in [-0.2, 0) is 16.2 Å². The van der Waals surface area contributed by atoms with E-state index in [0.717, 1.165) is 19.4 Å². The normalized spacial score (nSPS) is 15.8. The van der Waals surface area contributed by atoms with Gasteiger partial charge in [-0.2, -0.15) is 0 Å². The van der Waals surface area contributed by atoms with Gasteiger partial charge < -0.3 is 14.2 Å². The molecule has 4 aromatic rings. The maximum Gasteiger partial charge on any atom is 0.335 e. The number of nitrogens with one attached hydrogen (secondary N) is 1. The Labute approximate surface area is 230 Å². The number of barbiturate groups is 1. The molecule has 188 valence electrons. The van der Waals surface area contributed by atoms with Crippen LogP contribution in [0.25, 0.3) is 16.8 Å². The molecule has 8 nitrogen and oxygen atoms in total. The number of fused-ring (bicyclic) bond motifs is 2. The molecule has 2 aliphatic rings. The zero-order chi connectivity index (χ0) is 26.2. The molecule has 38 heavy (non-hydrogen) atoms. The van der Waals surface area contributed by atoms with E-state index in [1.165, 1.54) is 17.5 Å². The Morgan fingerprint density at radius 1 is 0.895 bits per heavy atom. The molecule has 0 atom stereocenters. The third-order valence-corrected chi connectivity index (χ3v) is 7.03. The number of amides is 4. The Morgan fingerprint density at radius 2 is 1.71 bits per heavy atom. The zero-order valence-corrected chi connectivity index (χ0v) is 21.9. The molecule has 0 bridgehead atoms. The van der Waals surface area contributed by atoms with Gasteiger partial charge in [-0.05, 0) is 80.9 Å². The first kappa shape index (κ1) is 24.0. The number of ether oxygens (including phenoxy) is 3. The van der Waals surface area contributed by atoms with E-state index < -0.39 is 17.8 Å². The number of hydrogen-bond acceptors (Lipinski definition) is 6. The van der Waals surface area contributed by atoms with Crippen LogP contribution in [0.15, 0.2) is 84.4 Å². The van der Waals surface area contributed by atoms with Gasteiger partial charge in [-0.3, -0.25) is 14.9 Å². The van der Waals surface area contributed by atoms with Crippen LogP contribution in [0.5, 0.6) is 17.2 Å². The van der Waals surface area contributed by atoms with Crippen molar-refractivity contribution in [2.75, 3.05) is 11.7 Å². The smallest absolute Gasteiger partial charge is 0.335 e. The number of imide groups is 2. The van der Waals surface area contributed by atoms with Crippen molar-refractivity contribution in [2.24, 2.45) is 0 Å². The first-order valence-corrected chi connectivity index (χ1v) is 12.8. The summed E-state index contributed by atoms with van der Waals surface area (Å²) in [5.74, 6) is 0.118. The van der Waals surface area contributed by atoms with Gasteiger partial charge in [0, 0.05) is 6.07 Å². The molecule has 0 radical (unpaired) electrons. The third-order valence-electron chi connectivity index (χ3n) is 6.19. The van der Waals surface area contributed by atoms with Crippen LogP contribution in [0.4, 0.5) is 10.5 Å². The molecule has 0 saturated carbocycles. The Hall–Kier alpha value is -4.38. The summed E-state index contributed by atoms with van der Waals surface area (Å²) in [6.07, 6.45) is 1.46. The maximum atomic E-state index is 13.2. The molecular formula is C29H19IN2O6. The molecule has 0 unspecified atom stereocenters. The average Bonchev–Trinajstić information content (AvgIpc) is 3.38. The van der Waals surface area contributed by atoms with Crippen molar-refractivity contribution in [2.45, 2.75) is 6.61 Å². The summed E-state index contributed by atoms with van der Waals surface area (Å²) in [6.45, 7) is 0.456. The molecule has 4 aromatic carbocycles. The number of carbonyl (C=O) groups is 3. The topological polar surface area (TPSA) is 94.2 Å². The van der Waals surface area contributed by atoms with Crippen molar-refractivity contribution in [1.29, 1.82) is 0 Å².